The molecule has 14 heavy (non-hydrogen) atoms. The fourth-order valence-corrected chi connectivity index (χ4v) is 2.24. The molecule has 76 valence electrons. The van der Waals surface area contributed by atoms with E-state index in [9.17, 15) is 0 Å². The summed E-state index contributed by atoms with van der Waals surface area (Å²) < 4.78 is 0. The molecule has 0 atom stereocenters. The van der Waals surface area contributed by atoms with Gasteiger partial charge in [0.05, 0.1) is 0 Å². The molecule has 0 amide bonds. The molecule has 0 radical (unpaired) electrons. The molecule has 1 N–H and O–H groups in total. The molecule has 3 heteroatoms. The number of rotatable bonds is 3. The first-order chi connectivity index (χ1) is 6.95. The summed E-state index contributed by atoms with van der Waals surface area (Å²) in [7, 11) is 0. The SMILES string of the molecule is C(=C\c1cccs1)/CN1CCNCC1. The van der Waals surface area contributed by atoms with E-state index < -0.39 is 0 Å². The van der Waals surface area contributed by atoms with Crippen LogP contribution < -0.4 is 5.32 Å². The summed E-state index contributed by atoms with van der Waals surface area (Å²) in [4.78, 5) is 3.82. The Morgan fingerprint density at radius 2 is 2.29 bits per heavy atom. The van der Waals surface area contributed by atoms with E-state index in [1.807, 2.05) is 0 Å². The maximum Gasteiger partial charge on any atom is 0.0267 e. The Kier molecular flexibility index (Phi) is 3.74. The van der Waals surface area contributed by atoms with Gasteiger partial charge in [0, 0.05) is 37.6 Å². The maximum atomic E-state index is 3.35. The Bertz CT molecular complexity index is 273. The Balaban J connectivity index is 1.76. The fraction of sp³-hybridized carbons (Fsp3) is 0.455. The quantitative estimate of drug-likeness (QED) is 0.813. The topological polar surface area (TPSA) is 15.3 Å². The Morgan fingerprint density at radius 1 is 1.43 bits per heavy atom. The van der Waals surface area contributed by atoms with Crippen molar-refractivity contribution in [1.29, 1.82) is 0 Å². The number of thiophene rings is 1. The van der Waals surface area contributed by atoms with E-state index in [-0.39, 0.29) is 0 Å². The molecule has 1 aromatic rings. The Morgan fingerprint density at radius 3 is 3.00 bits per heavy atom. The highest BCUT2D eigenvalue weighted by Gasteiger charge is 2.06. The van der Waals surface area contributed by atoms with E-state index in [0.29, 0.717) is 0 Å². The first-order valence-corrected chi connectivity index (χ1v) is 5.96. The molecular formula is C11H16N2S. The summed E-state index contributed by atoms with van der Waals surface area (Å²) >= 11 is 1.79. The zero-order valence-corrected chi connectivity index (χ0v) is 9.09. The number of nitrogens with one attached hydrogen (secondary N) is 1. The van der Waals surface area contributed by atoms with Crippen molar-refractivity contribution >= 4 is 17.4 Å². The minimum atomic E-state index is 1.08. The third-order valence-electron chi connectivity index (χ3n) is 2.40. The van der Waals surface area contributed by atoms with Crippen molar-refractivity contribution in [2.45, 2.75) is 0 Å². The van der Waals surface area contributed by atoms with Gasteiger partial charge >= 0.3 is 0 Å². The van der Waals surface area contributed by atoms with Crippen LogP contribution in [0.25, 0.3) is 6.08 Å². The second kappa shape index (κ2) is 5.29. The molecule has 2 heterocycles. The van der Waals surface area contributed by atoms with Crippen LogP contribution in [-0.2, 0) is 0 Å². The van der Waals surface area contributed by atoms with Crippen LogP contribution in [0.3, 0.4) is 0 Å². The molecule has 1 saturated heterocycles. The summed E-state index contributed by atoms with van der Waals surface area (Å²) in [5, 5.41) is 5.47. The molecule has 0 aliphatic carbocycles. The summed E-state index contributed by atoms with van der Waals surface area (Å²) in [6, 6.07) is 4.24. The van der Waals surface area contributed by atoms with Crippen molar-refractivity contribution in [3.05, 3.63) is 28.5 Å². The van der Waals surface area contributed by atoms with Crippen molar-refractivity contribution < 1.29 is 0 Å². The molecule has 2 rings (SSSR count). The van der Waals surface area contributed by atoms with Gasteiger partial charge in [0.25, 0.3) is 0 Å². The molecule has 0 spiro atoms. The van der Waals surface area contributed by atoms with E-state index >= 15 is 0 Å². The van der Waals surface area contributed by atoms with Crippen molar-refractivity contribution in [3.63, 3.8) is 0 Å². The summed E-state index contributed by atoms with van der Waals surface area (Å²) in [6.45, 7) is 5.70. The summed E-state index contributed by atoms with van der Waals surface area (Å²) in [6.07, 6.45) is 4.48. The highest BCUT2D eigenvalue weighted by molar-refractivity contribution is 7.10. The smallest absolute Gasteiger partial charge is 0.0267 e. The first-order valence-electron chi connectivity index (χ1n) is 5.08. The number of nitrogens with zero attached hydrogens (tertiary/aromatic N) is 1. The zero-order chi connectivity index (χ0) is 9.64. The van der Waals surface area contributed by atoms with Crippen LogP contribution in [0.5, 0.6) is 0 Å². The predicted octanol–water partition coefficient (Wildman–Crippen LogP) is 1.67. The van der Waals surface area contributed by atoms with E-state index in [1.165, 1.54) is 18.0 Å². The molecule has 0 bridgehead atoms. The molecule has 1 fully saturated rings. The van der Waals surface area contributed by atoms with E-state index in [2.05, 4.69) is 39.9 Å². The lowest BCUT2D eigenvalue weighted by Crippen LogP contribution is -2.43. The van der Waals surface area contributed by atoms with Crippen molar-refractivity contribution in [2.75, 3.05) is 32.7 Å². The maximum absolute atomic E-state index is 3.35. The highest BCUT2D eigenvalue weighted by atomic mass is 32.1. The molecule has 1 aliphatic heterocycles. The average molecular weight is 208 g/mol. The van der Waals surface area contributed by atoms with Gasteiger partial charge in [0.1, 0.15) is 0 Å². The van der Waals surface area contributed by atoms with Gasteiger partial charge in [0.2, 0.25) is 0 Å². The third-order valence-corrected chi connectivity index (χ3v) is 3.24. The van der Waals surface area contributed by atoms with E-state index in [0.717, 1.165) is 19.6 Å². The number of hydrogen-bond donors (Lipinski definition) is 1. The Hall–Kier alpha value is -0.640. The van der Waals surface area contributed by atoms with Crippen LogP contribution in [0.15, 0.2) is 23.6 Å². The van der Waals surface area contributed by atoms with Crippen LogP contribution in [0, 0.1) is 0 Å². The van der Waals surface area contributed by atoms with Crippen molar-refractivity contribution in [1.82, 2.24) is 10.2 Å². The lowest BCUT2D eigenvalue weighted by atomic mass is 10.3. The number of hydrogen-bond acceptors (Lipinski definition) is 3. The van der Waals surface area contributed by atoms with Crippen LogP contribution in [0.1, 0.15) is 4.88 Å². The summed E-state index contributed by atoms with van der Waals surface area (Å²) in [5.41, 5.74) is 0. The van der Waals surface area contributed by atoms with Gasteiger partial charge in [-0.15, -0.1) is 11.3 Å². The van der Waals surface area contributed by atoms with Crippen LogP contribution in [0.4, 0.5) is 0 Å². The van der Waals surface area contributed by atoms with E-state index in [4.69, 9.17) is 0 Å². The number of piperazine rings is 1. The van der Waals surface area contributed by atoms with Crippen LogP contribution in [-0.4, -0.2) is 37.6 Å². The van der Waals surface area contributed by atoms with Gasteiger partial charge in [-0.3, -0.25) is 4.90 Å². The molecule has 0 unspecified atom stereocenters. The van der Waals surface area contributed by atoms with Gasteiger partial charge in [-0.1, -0.05) is 12.1 Å². The minimum absolute atomic E-state index is 1.08. The van der Waals surface area contributed by atoms with Gasteiger partial charge in [-0.05, 0) is 17.5 Å². The fourth-order valence-electron chi connectivity index (χ4n) is 1.60. The molecule has 0 aromatic carbocycles. The van der Waals surface area contributed by atoms with Crippen LogP contribution >= 0.6 is 11.3 Å². The van der Waals surface area contributed by atoms with Gasteiger partial charge in [-0.25, -0.2) is 0 Å². The van der Waals surface area contributed by atoms with Crippen molar-refractivity contribution in [2.24, 2.45) is 0 Å². The minimum Gasteiger partial charge on any atom is -0.314 e. The van der Waals surface area contributed by atoms with Crippen molar-refractivity contribution in [3.8, 4) is 0 Å². The lowest BCUT2D eigenvalue weighted by molar-refractivity contribution is 0.265. The van der Waals surface area contributed by atoms with Gasteiger partial charge in [-0.2, -0.15) is 0 Å². The monoisotopic (exact) mass is 208 g/mol. The van der Waals surface area contributed by atoms with Gasteiger partial charge < -0.3 is 5.32 Å². The first kappa shape index (κ1) is 9.90. The second-order valence-electron chi connectivity index (χ2n) is 3.47. The Labute approximate surface area is 89.2 Å². The third kappa shape index (κ3) is 2.94. The molecule has 2 nitrogen and oxygen atoms in total. The highest BCUT2D eigenvalue weighted by Crippen LogP contribution is 2.10. The predicted molar refractivity (Wildman–Crippen MR) is 62.7 cm³/mol. The lowest BCUT2D eigenvalue weighted by Gasteiger charge is -2.25. The molecule has 1 aromatic heterocycles. The largest absolute Gasteiger partial charge is 0.314 e. The van der Waals surface area contributed by atoms with Gasteiger partial charge in [0.15, 0.2) is 0 Å². The zero-order valence-electron chi connectivity index (χ0n) is 8.28. The molecule has 1 aliphatic rings. The van der Waals surface area contributed by atoms with Crippen LogP contribution in [0.2, 0.25) is 0 Å². The normalized spacial score (nSPS) is 19.1. The van der Waals surface area contributed by atoms with E-state index in [1.54, 1.807) is 11.3 Å². The molecule has 0 saturated carbocycles. The average Bonchev–Trinajstić information content (AvgIpc) is 2.72. The second-order valence-corrected chi connectivity index (χ2v) is 4.45. The standard InChI is InChI=1S/C11H16N2S/c1(3-11-4-2-10-14-11)7-13-8-5-12-6-9-13/h1-4,10,12H,5-9H2/b3-1+. The summed E-state index contributed by atoms with van der Waals surface area (Å²) in [5.74, 6) is 0. The molecular weight excluding hydrogens is 192 g/mol.